The number of aromatic nitrogens is 4. The zero-order chi connectivity index (χ0) is 12.1. The molecule has 0 aromatic carbocycles. The van der Waals surface area contributed by atoms with Crippen molar-refractivity contribution < 1.29 is 0 Å². The van der Waals surface area contributed by atoms with Gasteiger partial charge >= 0.3 is 0 Å². The molecule has 2 aromatic heterocycles. The van der Waals surface area contributed by atoms with Gasteiger partial charge in [0.2, 0.25) is 0 Å². The fourth-order valence-corrected chi connectivity index (χ4v) is 1.47. The van der Waals surface area contributed by atoms with E-state index < -0.39 is 0 Å². The molecule has 0 aliphatic heterocycles. The molecule has 4 heteroatoms. The molecule has 0 aliphatic rings. The number of aryl methyl sites for hydroxylation is 5. The van der Waals surface area contributed by atoms with Gasteiger partial charge in [0.05, 0.1) is 5.69 Å². The van der Waals surface area contributed by atoms with Crippen LogP contribution >= 0.6 is 0 Å². The molecular formula is C12H20N4. The first-order valence-corrected chi connectivity index (χ1v) is 5.47. The lowest BCUT2D eigenvalue weighted by Crippen LogP contribution is -1.92. The van der Waals surface area contributed by atoms with E-state index >= 15 is 0 Å². The number of imidazole rings is 2. The van der Waals surface area contributed by atoms with Gasteiger partial charge in [0.15, 0.2) is 0 Å². The fourth-order valence-electron chi connectivity index (χ4n) is 1.47. The van der Waals surface area contributed by atoms with Crippen LogP contribution in [0.5, 0.6) is 0 Å². The first kappa shape index (κ1) is 12.5. The predicted octanol–water partition coefficient (Wildman–Crippen LogP) is 2.02. The number of hydrogen-bond acceptors (Lipinski definition) is 2. The molecule has 0 fully saturated rings. The standard InChI is InChI=1S/2C6H10N2/c1-5-4-8(3)6(2)7-5;1-3-6-7-4-5-8(6)2/h4H,1-3H3;4-5H,3H2,1-2H3. The quantitative estimate of drug-likeness (QED) is 0.737. The van der Waals surface area contributed by atoms with Crippen LogP contribution in [0.2, 0.25) is 0 Å². The minimum Gasteiger partial charge on any atom is -0.338 e. The molecule has 0 saturated carbocycles. The van der Waals surface area contributed by atoms with E-state index in [2.05, 4.69) is 16.9 Å². The van der Waals surface area contributed by atoms with E-state index in [0.717, 1.165) is 23.8 Å². The summed E-state index contributed by atoms with van der Waals surface area (Å²) in [6, 6.07) is 0. The Bertz CT molecular complexity index is 420. The molecule has 0 saturated heterocycles. The summed E-state index contributed by atoms with van der Waals surface area (Å²) in [5.74, 6) is 2.22. The smallest absolute Gasteiger partial charge is 0.108 e. The van der Waals surface area contributed by atoms with Crippen molar-refractivity contribution in [2.75, 3.05) is 0 Å². The van der Waals surface area contributed by atoms with Crippen molar-refractivity contribution in [1.82, 2.24) is 19.1 Å². The largest absolute Gasteiger partial charge is 0.338 e. The van der Waals surface area contributed by atoms with Crippen molar-refractivity contribution in [3.8, 4) is 0 Å². The van der Waals surface area contributed by atoms with Gasteiger partial charge in [0, 0.05) is 39.1 Å². The summed E-state index contributed by atoms with van der Waals surface area (Å²) < 4.78 is 4.04. The van der Waals surface area contributed by atoms with E-state index in [4.69, 9.17) is 0 Å². The summed E-state index contributed by atoms with van der Waals surface area (Å²) >= 11 is 0. The van der Waals surface area contributed by atoms with Gasteiger partial charge in [-0.05, 0) is 13.8 Å². The maximum atomic E-state index is 4.17. The van der Waals surface area contributed by atoms with Gasteiger partial charge in [-0.15, -0.1) is 0 Å². The Morgan fingerprint density at radius 1 is 1.19 bits per heavy atom. The zero-order valence-electron chi connectivity index (χ0n) is 10.7. The first-order valence-electron chi connectivity index (χ1n) is 5.47. The van der Waals surface area contributed by atoms with E-state index in [1.807, 2.05) is 55.7 Å². The molecule has 2 aromatic rings. The monoisotopic (exact) mass is 220 g/mol. The van der Waals surface area contributed by atoms with Crippen LogP contribution in [0, 0.1) is 13.8 Å². The summed E-state index contributed by atoms with van der Waals surface area (Å²) in [5.41, 5.74) is 1.09. The molecule has 2 heterocycles. The molecule has 0 N–H and O–H groups in total. The molecule has 0 aliphatic carbocycles. The molecule has 0 amide bonds. The van der Waals surface area contributed by atoms with Gasteiger partial charge in [-0.25, -0.2) is 9.97 Å². The highest BCUT2D eigenvalue weighted by molar-refractivity contribution is 4.98. The number of hydrogen-bond donors (Lipinski definition) is 0. The van der Waals surface area contributed by atoms with Crippen LogP contribution in [0.1, 0.15) is 24.3 Å². The third-order valence-electron chi connectivity index (χ3n) is 2.47. The van der Waals surface area contributed by atoms with Gasteiger partial charge < -0.3 is 9.13 Å². The van der Waals surface area contributed by atoms with E-state index in [1.165, 1.54) is 0 Å². The molecule has 0 spiro atoms. The lowest BCUT2D eigenvalue weighted by molar-refractivity contribution is 0.808. The van der Waals surface area contributed by atoms with Crippen LogP contribution < -0.4 is 0 Å². The lowest BCUT2D eigenvalue weighted by Gasteiger charge is -1.92. The third kappa shape index (κ3) is 3.22. The highest BCUT2D eigenvalue weighted by Crippen LogP contribution is 1.95. The Kier molecular flexibility index (Phi) is 4.28. The Labute approximate surface area is 97.0 Å². The molecule has 88 valence electrons. The topological polar surface area (TPSA) is 35.6 Å². The zero-order valence-corrected chi connectivity index (χ0v) is 10.7. The summed E-state index contributed by atoms with van der Waals surface area (Å²) in [5, 5.41) is 0. The van der Waals surface area contributed by atoms with Crippen molar-refractivity contribution in [1.29, 1.82) is 0 Å². The second-order valence-corrected chi connectivity index (χ2v) is 3.85. The van der Waals surface area contributed by atoms with Gasteiger partial charge in [-0.1, -0.05) is 6.92 Å². The van der Waals surface area contributed by atoms with Gasteiger partial charge in [-0.2, -0.15) is 0 Å². The summed E-state index contributed by atoms with van der Waals surface area (Å²) in [6.45, 7) is 6.09. The highest BCUT2D eigenvalue weighted by atomic mass is 15.0. The van der Waals surface area contributed by atoms with Crippen molar-refractivity contribution in [3.05, 3.63) is 35.9 Å². The minimum absolute atomic E-state index is 1.02. The highest BCUT2D eigenvalue weighted by Gasteiger charge is 1.91. The maximum absolute atomic E-state index is 4.17. The van der Waals surface area contributed by atoms with Crippen molar-refractivity contribution in [2.24, 2.45) is 14.1 Å². The van der Waals surface area contributed by atoms with Gasteiger partial charge in [0.1, 0.15) is 11.6 Å². The predicted molar refractivity (Wildman–Crippen MR) is 65.3 cm³/mol. The summed E-state index contributed by atoms with van der Waals surface area (Å²) in [4.78, 5) is 8.27. The second kappa shape index (κ2) is 5.49. The van der Waals surface area contributed by atoms with Crippen LogP contribution in [0.15, 0.2) is 18.6 Å². The average Bonchev–Trinajstić information content (AvgIpc) is 2.75. The third-order valence-corrected chi connectivity index (χ3v) is 2.47. The first-order chi connectivity index (χ1) is 7.54. The van der Waals surface area contributed by atoms with Crippen LogP contribution in [0.4, 0.5) is 0 Å². The fraction of sp³-hybridized carbons (Fsp3) is 0.500. The molecule has 0 bridgehead atoms. The molecular weight excluding hydrogens is 200 g/mol. The van der Waals surface area contributed by atoms with E-state index in [9.17, 15) is 0 Å². The molecule has 0 unspecified atom stereocenters. The van der Waals surface area contributed by atoms with E-state index in [1.54, 1.807) is 0 Å². The summed E-state index contributed by atoms with van der Waals surface area (Å²) in [6.07, 6.45) is 6.80. The molecule has 2 rings (SSSR count). The molecule has 4 nitrogen and oxygen atoms in total. The Morgan fingerprint density at radius 3 is 2.06 bits per heavy atom. The SMILES string of the molecule is CCc1nccn1C.Cc1cn(C)c(C)n1. The van der Waals surface area contributed by atoms with Crippen molar-refractivity contribution >= 4 is 0 Å². The van der Waals surface area contributed by atoms with Gasteiger partial charge in [0.25, 0.3) is 0 Å². The molecule has 0 radical (unpaired) electrons. The van der Waals surface area contributed by atoms with Crippen LogP contribution in [0.3, 0.4) is 0 Å². The lowest BCUT2D eigenvalue weighted by atomic mass is 10.5. The van der Waals surface area contributed by atoms with Crippen LogP contribution in [0.25, 0.3) is 0 Å². The van der Waals surface area contributed by atoms with Crippen LogP contribution in [-0.4, -0.2) is 19.1 Å². The molecule has 16 heavy (non-hydrogen) atoms. The second-order valence-electron chi connectivity index (χ2n) is 3.85. The van der Waals surface area contributed by atoms with Crippen molar-refractivity contribution in [3.63, 3.8) is 0 Å². The average molecular weight is 220 g/mol. The maximum Gasteiger partial charge on any atom is 0.108 e. The van der Waals surface area contributed by atoms with Crippen LogP contribution in [-0.2, 0) is 20.5 Å². The Balaban J connectivity index is 0.000000160. The number of nitrogens with zero attached hydrogens (tertiary/aromatic N) is 4. The van der Waals surface area contributed by atoms with Gasteiger partial charge in [-0.3, -0.25) is 0 Å². The van der Waals surface area contributed by atoms with E-state index in [0.29, 0.717) is 0 Å². The van der Waals surface area contributed by atoms with Crippen molar-refractivity contribution in [2.45, 2.75) is 27.2 Å². The minimum atomic E-state index is 1.02. The number of rotatable bonds is 1. The molecule has 0 atom stereocenters. The van der Waals surface area contributed by atoms with E-state index in [-0.39, 0.29) is 0 Å². The Hall–Kier alpha value is -1.58. The normalized spacial score (nSPS) is 9.81. The Morgan fingerprint density at radius 2 is 1.88 bits per heavy atom. The summed E-state index contributed by atoms with van der Waals surface area (Å²) in [7, 11) is 4.00.